The molecule has 0 aliphatic heterocycles. The van der Waals surface area contributed by atoms with Gasteiger partial charge >= 0.3 is 0 Å². The van der Waals surface area contributed by atoms with Crippen LogP contribution in [0, 0.1) is 17.7 Å². The van der Waals surface area contributed by atoms with E-state index in [0.717, 1.165) is 6.07 Å². The summed E-state index contributed by atoms with van der Waals surface area (Å²) in [6.07, 6.45) is 0. The summed E-state index contributed by atoms with van der Waals surface area (Å²) in [5, 5.41) is 8.95. The number of rotatable bonds is 0. The maximum Gasteiger partial charge on any atom is 0.128 e. The van der Waals surface area contributed by atoms with E-state index in [4.69, 9.17) is 16.7 Å². The Morgan fingerprint density at radius 2 is 2.17 bits per heavy atom. The fourth-order valence-corrected chi connectivity index (χ4v) is 0.849. The van der Waals surface area contributed by atoms with Crippen molar-refractivity contribution in [2.45, 2.75) is 0 Å². The molecule has 1 N–H and O–H groups in total. The second-order valence-electron chi connectivity index (χ2n) is 2.13. The minimum Gasteiger partial charge on any atom is -0.508 e. The molecule has 0 fully saturated rings. The van der Waals surface area contributed by atoms with Crippen LogP contribution in [-0.2, 0) is 0 Å². The van der Waals surface area contributed by atoms with Gasteiger partial charge in [0.25, 0.3) is 0 Å². The molecular formula is C9H6ClFO. The largest absolute Gasteiger partial charge is 0.508 e. The van der Waals surface area contributed by atoms with E-state index in [-0.39, 0.29) is 11.6 Å². The number of halogens is 2. The summed E-state index contributed by atoms with van der Waals surface area (Å²) in [6.45, 7) is 0. The van der Waals surface area contributed by atoms with E-state index in [2.05, 4.69) is 11.8 Å². The zero-order valence-electron chi connectivity index (χ0n) is 6.14. The van der Waals surface area contributed by atoms with Crippen molar-refractivity contribution in [1.82, 2.24) is 0 Å². The fourth-order valence-electron chi connectivity index (χ4n) is 0.782. The Morgan fingerprint density at radius 3 is 2.75 bits per heavy atom. The van der Waals surface area contributed by atoms with E-state index in [1.807, 2.05) is 0 Å². The van der Waals surface area contributed by atoms with E-state index in [9.17, 15) is 4.39 Å². The predicted octanol–water partition coefficient (Wildman–Crippen LogP) is 2.12. The van der Waals surface area contributed by atoms with Gasteiger partial charge in [0.2, 0.25) is 0 Å². The molecular weight excluding hydrogens is 179 g/mol. The number of benzene rings is 1. The summed E-state index contributed by atoms with van der Waals surface area (Å²) < 4.78 is 12.6. The molecule has 0 atom stereocenters. The molecule has 1 aromatic rings. The zero-order valence-corrected chi connectivity index (χ0v) is 6.90. The first-order valence-electron chi connectivity index (χ1n) is 3.27. The average molecular weight is 185 g/mol. The van der Waals surface area contributed by atoms with Gasteiger partial charge in [-0.05, 0) is 12.1 Å². The van der Waals surface area contributed by atoms with Crippen LogP contribution in [0.2, 0.25) is 0 Å². The van der Waals surface area contributed by atoms with E-state index >= 15 is 0 Å². The Morgan fingerprint density at radius 1 is 1.42 bits per heavy atom. The lowest BCUT2D eigenvalue weighted by Gasteiger charge is -1.93. The topological polar surface area (TPSA) is 20.2 Å². The van der Waals surface area contributed by atoms with Crippen molar-refractivity contribution in [2.75, 3.05) is 5.88 Å². The molecule has 0 bridgehead atoms. The van der Waals surface area contributed by atoms with Crippen molar-refractivity contribution < 1.29 is 9.50 Å². The Labute approximate surface area is 74.8 Å². The molecule has 0 unspecified atom stereocenters. The molecule has 1 rings (SSSR count). The van der Waals surface area contributed by atoms with Crippen LogP contribution in [-0.4, -0.2) is 11.0 Å². The molecule has 62 valence electrons. The van der Waals surface area contributed by atoms with Crippen molar-refractivity contribution in [2.24, 2.45) is 0 Å². The molecule has 0 amide bonds. The molecule has 0 radical (unpaired) electrons. The summed E-state index contributed by atoms with van der Waals surface area (Å²) >= 11 is 5.30. The first-order valence-corrected chi connectivity index (χ1v) is 3.80. The predicted molar refractivity (Wildman–Crippen MR) is 45.7 cm³/mol. The number of hydrogen-bond acceptors (Lipinski definition) is 1. The Balaban J connectivity index is 3.01. The van der Waals surface area contributed by atoms with Crippen LogP contribution >= 0.6 is 11.6 Å². The van der Waals surface area contributed by atoms with Gasteiger partial charge in [-0.3, -0.25) is 0 Å². The molecule has 1 aromatic carbocycles. The highest BCUT2D eigenvalue weighted by Crippen LogP contribution is 2.13. The third-order valence-corrected chi connectivity index (χ3v) is 1.32. The van der Waals surface area contributed by atoms with Crippen LogP contribution in [0.3, 0.4) is 0 Å². The van der Waals surface area contributed by atoms with Gasteiger partial charge in [-0.1, -0.05) is 11.8 Å². The highest BCUT2D eigenvalue weighted by molar-refractivity contribution is 6.19. The molecule has 0 spiro atoms. The third kappa shape index (κ3) is 2.44. The van der Waals surface area contributed by atoms with Crippen molar-refractivity contribution in [1.29, 1.82) is 0 Å². The van der Waals surface area contributed by atoms with Crippen molar-refractivity contribution in [3.8, 4) is 17.6 Å². The average Bonchev–Trinajstić information content (AvgIpc) is 1.99. The van der Waals surface area contributed by atoms with Gasteiger partial charge in [-0.2, -0.15) is 0 Å². The number of alkyl halides is 1. The van der Waals surface area contributed by atoms with Crippen molar-refractivity contribution in [3.05, 3.63) is 29.6 Å². The number of phenolic OH excluding ortho intramolecular Hbond substituents is 1. The lowest BCUT2D eigenvalue weighted by atomic mass is 10.2. The first kappa shape index (κ1) is 8.89. The molecule has 0 saturated heterocycles. The van der Waals surface area contributed by atoms with Gasteiger partial charge in [0.05, 0.1) is 5.88 Å². The summed E-state index contributed by atoms with van der Waals surface area (Å²) in [7, 11) is 0. The van der Waals surface area contributed by atoms with Crippen LogP contribution in [0.15, 0.2) is 18.2 Å². The summed E-state index contributed by atoms with van der Waals surface area (Å²) in [5.74, 6) is 4.71. The fraction of sp³-hybridized carbons (Fsp3) is 0.111. The zero-order chi connectivity index (χ0) is 8.97. The second kappa shape index (κ2) is 3.99. The molecule has 0 aromatic heterocycles. The number of hydrogen-bond donors (Lipinski definition) is 1. The highest BCUT2D eigenvalue weighted by Gasteiger charge is 1.95. The van der Waals surface area contributed by atoms with E-state index in [1.165, 1.54) is 12.1 Å². The van der Waals surface area contributed by atoms with Gasteiger partial charge < -0.3 is 5.11 Å². The summed E-state index contributed by atoms with van der Waals surface area (Å²) in [5.41, 5.74) is 0.424. The van der Waals surface area contributed by atoms with Crippen LogP contribution in [0.4, 0.5) is 4.39 Å². The molecule has 3 heteroatoms. The number of aromatic hydroxyl groups is 1. The van der Waals surface area contributed by atoms with Gasteiger partial charge in [-0.15, -0.1) is 11.6 Å². The smallest absolute Gasteiger partial charge is 0.128 e. The van der Waals surface area contributed by atoms with Crippen LogP contribution in [0.1, 0.15) is 5.56 Å². The van der Waals surface area contributed by atoms with E-state index < -0.39 is 5.82 Å². The van der Waals surface area contributed by atoms with E-state index in [1.54, 1.807) is 0 Å². The third-order valence-electron chi connectivity index (χ3n) is 1.18. The van der Waals surface area contributed by atoms with Gasteiger partial charge in [0.15, 0.2) is 0 Å². The van der Waals surface area contributed by atoms with E-state index in [0.29, 0.717) is 5.56 Å². The Hall–Kier alpha value is -1.20. The minimum atomic E-state index is -0.506. The van der Waals surface area contributed by atoms with Gasteiger partial charge in [0, 0.05) is 11.6 Å². The van der Waals surface area contributed by atoms with Crippen molar-refractivity contribution in [3.63, 3.8) is 0 Å². The molecule has 0 heterocycles. The minimum absolute atomic E-state index is 0.131. The molecule has 0 saturated carbocycles. The maximum absolute atomic E-state index is 12.6. The van der Waals surface area contributed by atoms with Gasteiger partial charge in [-0.25, -0.2) is 4.39 Å². The highest BCUT2D eigenvalue weighted by atomic mass is 35.5. The summed E-state index contributed by atoms with van der Waals surface area (Å²) in [4.78, 5) is 0. The molecule has 1 nitrogen and oxygen atoms in total. The van der Waals surface area contributed by atoms with Crippen LogP contribution in [0.25, 0.3) is 0 Å². The second-order valence-corrected chi connectivity index (χ2v) is 2.40. The van der Waals surface area contributed by atoms with Crippen LogP contribution < -0.4 is 0 Å². The standard InChI is InChI=1S/C9H6ClFO/c10-3-1-2-7-4-8(11)6-9(12)5-7/h4-6,12H,3H2. The molecule has 12 heavy (non-hydrogen) atoms. The maximum atomic E-state index is 12.6. The molecule has 0 aliphatic carbocycles. The Kier molecular flexibility index (Phi) is 2.95. The Bertz CT molecular complexity index is 318. The van der Waals surface area contributed by atoms with Crippen LogP contribution in [0.5, 0.6) is 5.75 Å². The monoisotopic (exact) mass is 184 g/mol. The van der Waals surface area contributed by atoms with Crippen molar-refractivity contribution >= 4 is 11.6 Å². The summed E-state index contributed by atoms with van der Waals surface area (Å²) in [6, 6.07) is 3.63. The number of phenols is 1. The lowest BCUT2D eigenvalue weighted by molar-refractivity contribution is 0.469. The SMILES string of the molecule is Oc1cc(F)cc(C#CCCl)c1. The van der Waals surface area contributed by atoms with Gasteiger partial charge in [0.1, 0.15) is 11.6 Å². The quantitative estimate of drug-likeness (QED) is 0.484. The first-order chi connectivity index (χ1) is 5.72. The lowest BCUT2D eigenvalue weighted by Crippen LogP contribution is -1.78. The normalized spacial score (nSPS) is 8.83. The molecule has 0 aliphatic rings.